The first-order valence-corrected chi connectivity index (χ1v) is 10.6. The maximum atomic E-state index is 13.0. The summed E-state index contributed by atoms with van der Waals surface area (Å²) in [5.74, 6) is 0.329. The number of nitrogens with one attached hydrogen (secondary N) is 2. The van der Waals surface area contributed by atoms with E-state index < -0.39 is 9.73 Å². The number of nitriles is 1. The Morgan fingerprint density at radius 1 is 1.03 bits per heavy atom. The summed E-state index contributed by atoms with van der Waals surface area (Å²) in [7, 11) is -3.19. The van der Waals surface area contributed by atoms with E-state index in [0.717, 1.165) is 0 Å². The van der Waals surface area contributed by atoms with Crippen molar-refractivity contribution in [1.29, 1.82) is 10.0 Å². The highest BCUT2D eigenvalue weighted by Crippen LogP contribution is 2.22. The lowest BCUT2D eigenvalue weighted by Gasteiger charge is -2.08. The van der Waals surface area contributed by atoms with Gasteiger partial charge in [0.05, 0.1) is 27.0 Å². The Bertz CT molecular complexity index is 1410. The van der Waals surface area contributed by atoms with Crippen LogP contribution >= 0.6 is 0 Å². The molecule has 2 aromatic carbocycles. The molecular formula is C22H17N5O2S. The fourth-order valence-corrected chi connectivity index (χ4v) is 4.46. The van der Waals surface area contributed by atoms with Crippen molar-refractivity contribution in [3.05, 3.63) is 94.5 Å². The van der Waals surface area contributed by atoms with Crippen LogP contribution in [-0.2, 0) is 9.73 Å². The van der Waals surface area contributed by atoms with Crippen LogP contribution in [0.2, 0.25) is 0 Å². The van der Waals surface area contributed by atoms with Crippen molar-refractivity contribution in [2.75, 3.05) is 0 Å². The number of aromatic nitrogens is 3. The molecule has 2 aromatic heterocycles. The van der Waals surface area contributed by atoms with Gasteiger partial charge in [-0.25, -0.2) is 18.7 Å². The third-order valence-corrected chi connectivity index (χ3v) is 6.57. The highest BCUT2D eigenvalue weighted by molar-refractivity contribution is 7.92. The third-order valence-electron chi connectivity index (χ3n) is 4.73. The predicted octanol–water partition coefficient (Wildman–Crippen LogP) is 3.87. The zero-order chi connectivity index (χ0) is 21.3. The Kier molecular flexibility index (Phi) is 4.82. The number of rotatable bonds is 4. The quantitative estimate of drug-likeness (QED) is 0.526. The van der Waals surface area contributed by atoms with Crippen LogP contribution in [0.15, 0.2) is 87.5 Å². The van der Waals surface area contributed by atoms with E-state index in [1.54, 1.807) is 73.7 Å². The summed E-state index contributed by atoms with van der Waals surface area (Å²) in [4.78, 5) is 17.9. The summed E-state index contributed by atoms with van der Waals surface area (Å²) in [6, 6.07) is 20.5. The largest absolute Gasteiger partial charge is 0.293 e. The van der Waals surface area contributed by atoms with E-state index in [9.17, 15) is 9.00 Å². The predicted molar refractivity (Wildman–Crippen MR) is 113 cm³/mol. The monoisotopic (exact) mass is 415 g/mol. The SMILES string of the molecule is Cc1[nH]n(-c2ccc([S@@](=N)(=O)c3ccccc3)cn2)c(=O)c1-c1ccc(C#N)cc1. The molecule has 8 heteroatoms. The smallest absolute Gasteiger partial charge is 0.280 e. The molecule has 30 heavy (non-hydrogen) atoms. The van der Waals surface area contributed by atoms with Gasteiger partial charge in [0.25, 0.3) is 5.56 Å². The number of hydrogen-bond acceptors (Lipinski definition) is 5. The molecule has 0 aliphatic rings. The maximum Gasteiger partial charge on any atom is 0.280 e. The first-order chi connectivity index (χ1) is 14.4. The highest BCUT2D eigenvalue weighted by atomic mass is 32.2. The van der Waals surface area contributed by atoms with Gasteiger partial charge >= 0.3 is 0 Å². The summed E-state index contributed by atoms with van der Waals surface area (Å²) in [6.07, 6.45) is 1.36. The molecule has 4 rings (SSSR count). The van der Waals surface area contributed by atoms with Crippen LogP contribution in [0.5, 0.6) is 0 Å². The van der Waals surface area contributed by atoms with Crippen LogP contribution in [-0.4, -0.2) is 19.0 Å². The minimum Gasteiger partial charge on any atom is -0.293 e. The van der Waals surface area contributed by atoms with Crippen LogP contribution in [0.4, 0.5) is 0 Å². The van der Waals surface area contributed by atoms with Crippen LogP contribution in [0, 0.1) is 23.0 Å². The molecule has 0 saturated carbocycles. The van der Waals surface area contributed by atoms with E-state index in [-0.39, 0.29) is 10.5 Å². The molecule has 0 saturated heterocycles. The lowest BCUT2D eigenvalue weighted by Crippen LogP contribution is -2.17. The van der Waals surface area contributed by atoms with Gasteiger partial charge in [0, 0.05) is 11.9 Å². The number of H-pyrrole nitrogens is 1. The number of aromatic amines is 1. The minimum atomic E-state index is -3.19. The standard InChI is InChI=1S/C22H17N5O2S/c1-15-21(17-9-7-16(13-23)8-10-17)22(28)27(26-15)20-12-11-19(14-25-20)30(24,29)18-5-3-2-4-6-18/h2-12,14,24,26H,1H3/t30-/m0/s1. The summed E-state index contributed by atoms with van der Waals surface area (Å²) >= 11 is 0. The Labute approximate surface area is 173 Å². The van der Waals surface area contributed by atoms with E-state index in [1.165, 1.54) is 10.9 Å². The molecule has 7 nitrogen and oxygen atoms in total. The van der Waals surface area contributed by atoms with Crippen LogP contribution < -0.4 is 5.56 Å². The molecular weight excluding hydrogens is 398 g/mol. The topological polar surface area (TPSA) is 115 Å². The van der Waals surface area contributed by atoms with Crippen molar-refractivity contribution in [1.82, 2.24) is 14.8 Å². The van der Waals surface area contributed by atoms with Crippen molar-refractivity contribution < 1.29 is 4.21 Å². The number of aryl methyl sites for hydroxylation is 1. The molecule has 0 aliphatic carbocycles. The zero-order valence-corrected chi connectivity index (χ0v) is 16.8. The van der Waals surface area contributed by atoms with Gasteiger partial charge in [0.2, 0.25) is 0 Å². The number of hydrogen-bond donors (Lipinski definition) is 2. The minimum absolute atomic E-state index is 0.265. The molecule has 148 valence electrons. The summed E-state index contributed by atoms with van der Waals surface area (Å²) < 4.78 is 22.5. The van der Waals surface area contributed by atoms with E-state index >= 15 is 0 Å². The molecule has 1 atom stereocenters. The lowest BCUT2D eigenvalue weighted by atomic mass is 10.1. The lowest BCUT2D eigenvalue weighted by molar-refractivity contribution is 0.674. The third kappa shape index (κ3) is 3.32. The van der Waals surface area contributed by atoms with Gasteiger partial charge in [0.15, 0.2) is 5.82 Å². The molecule has 0 aliphatic heterocycles. The van der Waals surface area contributed by atoms with Gasteiger partial charge < -0.3 is 0 Å². The van der Waals surface area contributed by atoms with Crippen molar-refractivity contribution >= 4 is 9.73 Å². The molecule has 2 N–H and O–H groups in total. The molecule has 0 amide bonds. The van der Waals surface area contributed by atoms with E-state index in [2.05, 4.69) is 16.2 Å². The zero-order valence-electron chi connectivity index (χ0n) is 16.0. The Balaban J connectivity index is 1.72. The fourth-order valence-electron chi connectivity index (χ4n) is 3.18. The molecule has 4 aromatic rings. The van der Waals surface area contributed by atoms with Crippen molar-refractivity contribution in [3.8, 4) is 23.0 Å². The second kappa shape index (κ2) is 7.46. The molecule has 0 fully saturated rings. The Hall–Kier alpha value is -3.96. The highest BCUT2D eigenvalue weighted by Gasteiger charge is 2.17. The summed E-state index contributed by atoms with van der Waals surface area (Å²) in [6.45, 7) is 1.78. The molecule has 0 unspecified atom stereocenters. The number of pyridine rings is 1. The average Bonchev–Trinajstić information content (AvgIpc) is 3.08. The van der Waals surface area contributed by atoms with E-state index in [0.29, 0.717) is 33.1 Å². The summed E-state index contributed by atoms with van der Waals surface area (Å²) in [5.41, 5.74) is 2.07. The first-order valence-electron chi connectivity index (χ1n) is 9.04. The van der Waals surface area contributed by atoms with E-state index in [4.69, 9.17) is 10.0 Å². The van der Waals surface area contributed by atoms with Crippen LogP contribution in [0.25, 0.3) is 16.9 Å². The van der Waals surface area contributed by atoms with Crippen molar-refractivity contribution in [2.45, 2.75) is 16.7 Å². The molecule has 2 heterocycles. The van der Waals surface area contributed by atoms with Gasteiger partial charge in [-0.3, -0.25) is 9.89 Å². The second-order valence-corrected chi connectivity index (χ2v) is 8.72. The van der Waals surface area contributed by atoms with Crippen LogP contribution in [0.3, 0.4) is 0 Å². The van der Waals surface area contributed by atoms with Crippen molar-refractivity contribution in [2.24, 2.45) is 0 Å². The molecule has 0 spiro atoms. The normalized spacial score (nSPS) is 12.8. The fraction of sp³-hybridized carbons (Fsp3) is 0.0455. The van der Waals surface area contributed by atoms with E-state index in [1.807, 2.05) is 0 Å². The van der Waals surface area contributed by atoms with Gasteiger partial charge in [0.1, 0.15) is 9.73 Å². The van der Waals surface area contributed by atoms with Crippen molar-refractivity contribution in [3.63, 3.8) is 0 Å². The van der Waals surface area contributed by atoms with Gasteiger partial charge in [-0.1, -0.05) is 30.3 Å². The molecule has 0 bridgehead atoms. The van der Waals surface area contributed by atoms with Crippen LogP contribution in [0.1, 0.15) is 11.3 Å². The Morgan fingerprint density at radius 3 is 2.33 bits per heavy atom. The second-order valence-electron chi connectivity index (χ2n) is 6.66. The number of nitrogens with zero attached hydrogens (tertiary/aromatic N) is 3. The van der Waals surface area contributed by atoms with Gasteiger partial charge in [-0.05, 0) is 48.9 Å². The molecule has 0 radical (unpaired) electrons. The maximum absolute atomic E-state index is 13.0. The van der Waals surface area contributed by atoms with Gasteiger partial charge in [-0.2, -0.15) is 5.26 Å². The first kappa shape index (κ1) is 19.4. The summed E-state index contributed by atoms with van der Waals surface area (Å²) in [5, 5.41) is 12.0. The number of benzene rings is 2. The van der Waals surface area contributed by atoms with Gasteiger partial charge in [-0.15, -0.1) is 0 Å². The average molecular weight is 415 g/mol. The Morgan fingerprint density at radius 2 is 1.73 bits per heavy atom.